The zero-order chi connectivity index (χ0) is 15.0. The lowest BCUT2D eigenvalue weighted by molar-refractivity contribution is -0.118. The number of fused-ring (bicyclic) bond motifs is 1. The summed E-state index contributed by atoms with van der Waals surface area (Å²) >= 11 is 0. The van der Waals surface area contributed by atoms with Crippen molar-refractivity contribution in [2.24, 2.45) is 5.92 Å². The number of likely N-dealkylation sites (tertiary alicyclic amines) is 1. The number of amides is 1. The van der Waals surface area contributed by atoms with Crippen LogP contribution in [0, 0.1) is 5.92 Å². The summed E-state index contributed by atoms with van der Waals surface area (Å²) < 4.78 is 5.39. The number of hydrogen-bond donors (Lipinski definition) is 2. The Morgan fingerprint density at radius 3 is 3.00 bits per heavy atom. The van der Waals surface area contributed by atoms with E-state index >= 15 is 0 Å². The van der Waals surface area contributed by atoms with Crippen LogP contribution in [-0.2, 0) is 4.79 Å². The Balaban J connectivity index is 1.73. The van der Waals surface area contributed by atoms with Gasteiger partial charge in [0.05, 0.1) is 5.69 Å². The van der Waals surface area contributed by atoms with Crippen molar-refractivity contribution in [1.82, 2.24) is 4.90 Å². The van der Waals surface area contributed by atoms with Gasteiger partial charge in [-0.1, -0.05) is 6.92 Å². The van der Waals surface area contributed by atoms with Gasteiger partial charge in [-0.2, -0.15) is 0 Å². The van der Waals surface area contributed by atoms with Crippen LogP contribution in [0.5, 0.6) is 5.75 Å². The number of benzene rings is 1. The third-order valence-corrected chi connectivity index (χ3v) is 4.57. The number of carbonyl (C=O) groups is 1. The highest BCUT2D eigenvalue weighted by Crippen LogP contribution is 2.32. The monoisotopic (exact) mass is 289 g/mol. The third kappa shape index (κ3) is 2.97. The maximum atomic E-state index is 11.4. The number of nitrogens with one attached hydrogen (secondary N) is 2. The number of piperidine rings is 1. The summed E-state index contributed by atoms with van der Waals surface area (Å²) in [5, 5.41) is 6.47. The molecular formula is C16H23N3O2. The molecular weight excluding hydrogens is 266 g/mol. The average Bonchev–Trinajstić information content (AvgIpc) is 2.44. The van der Waals surface area contributed by atoms with E-state index in [4.69, 9.17) is 4.74 Å². The van der Waals surface area contributed by atoms with Gasteiger partial charge in [-0.25, -0.2) is 0 Å². The van der Waals surface area contributed by atoms with Crippen molar-refractivity contribution >= 4 is 17.3 Å². The van der Waals surface area contributed by atoms with Crippen LogP contribution < -0.4 is 15.4 Å². The van der Waals surface area contributed by atoms with Crippen LogP contribution in [0.3, 0.4) is 0 Å². The molecule has 5 nitrogen and oxygen atoms in total. The fourth-order valence-corrected chi connectivity index (χ4v) is 3.13. The van der Waals surface area contributed by atoms with Gasteiger partial charge in [0.2, 0.25) is 0 Å². The molecule has 0 spiro atoms. The number of carbonyl (C=O) groups excluding carboxylic acids is 1. The summed E-state index contributed by atoms with van der Waals surface area (Å²) in [4.78, 5) is 13.8. The van der Waals surface area contributed by atoms with E-state index in [1.54, 1.807) is 0 Å². The molecule has 21 heavy (non-hydrogen) atoms. The molecule has 0 bridgehead atoms. The Morgan fingerprint density at radius 1 is 1.38 bits per heavy atom. The van der Waals surface area contributed by atoms with Crippen molar-refractivity contribution in [3.8, 4) is 5.75 Å². The minimum atomic E-state index is -0.0964. The van der Waals surface area contributed by atoms with Gasteiger partial charge in [0.25, 0.3) is 5.91 Å². The first-order chi connectivity index (χ1) is 10.0. The minimum absolute atomic E-state index is 0.0964. The summed E-state index contributed by atoms with van der Waals surface area (Å²) in [7, 11) is 2.18. The van der Waals surface area contributed by atoms with E-state index in [0.717, 1.165) is 30.1 Å². The summed E-state index contributed by atoms with van der Waals surface area (Å²) in [6.07, 6.45) is 1.12. The number of anilines is 2. The van der Waals surface area contributed by atoms with Gasteiger partial charge >= 0.3 is 0 Å². The highest BCUT2D eigenvalue weighted by molar-refractivity contribution is 5.96. The van der Waals surface area contributed by atoms with E-state index in [-0.39, 0.29) is 12.5 Å². The molecule has 0 aromatic heterocycles. The van der Waals surface area contributed by atoms with Crippen LogP contribution in [0.1, 0.15) is 20.3 Å². The Labute approximate surface area is 125 Å². The van der Waals surface area contributed by atoms with E-state index in [1.807, 2.05) is 18.2 Å². The predicted molar refractivity (Wildman–Crippen MR) is 83.9 cm³/mol. The van der Waals surface area contributed by atoms with Gasteiger partial charge in [0.15, 0.2) is 6.61 Å². The first-order valence-corrected chi connectivity index (χ1v) is 7.56. The minimum Gasteiger partial charge on any atom is -0.482 e. The number of nitrogens with zero attached hydrogens (tertiary/aromatic N) is 1. The second-order valence-electron chi connectivity index (χ2n) is 6.30. The van der Waals surface area contributed by atoms with E-state index in [9.17, 15) is 4.79 Å². The maximum absolute atomic E-state index is 11.4. The molecule has 2 aliphatic heterocycles. The topological polar surface area (TPSA) is 53.6 Å². The van der Waals surface area contributed by atoms with Crippen LogP contribution >= 0.6 is 0 Å². The van der Waals surface area contributed by atoms with Crippen LogP contribution in [-0.4, -0.2) is 43.1 Å². The molecule has 3 rings (SSSR count). The molecule has 2 aliphatic rings. The lowest BCUT2D eigenvalue weighted by Crippen LogP contribution is -2.48. The Hall–Kier alpha value is -1.75. The fraction of sp³-hybridized carbons (Fsp3) is 0.562. The third-order valence-electron chi connectivity index (χ3n) is 4.57. The quantitative estimate of drug-likeness (QED) is 0.876. The molecule has 3 atom stereocenters. The lowest BCUT2D eigenvalue weighted by atomic mass is 9.89. The van der Waals surface area contributed by atoms with Gasteiger partial charge in [0.1, 0.15) is 5.75 Å². The molecule has 1 saturated heterocycles. The van der Waals surface area contributed by atoms with Crippen molar-refractivity contribution < 1.29 is 9.53 Å². The lowest BCUT2D eigenvalue weighted by Gasteiger charge is -2.40. The van der Waals surface area contributed by atoms with Crippen LogP contribution in [0.2, 0.25) is 0 Å². The van der Waals surface area contributed by atoms with Gasteiger partial charge in [-0.15, -0.1) is 0 Å². The summed E-state index contributed by atoms with van der Waals surface area (Å²) in [6, 6.07) is 6.93. The maximum Gasteiger partial charge on any atom is 0.262 e. The molecule has 3 unspecified atom stereocenters. The molecule has 1 aromatic carbocycles. The fourth-order valence-electron chi connectivity index (χ4n) is 3.13. The number of ether oxygens (including phenoxy) is 1. The van der Waals surface area contributed by atoms with Gasteiger partial charge in [0, 0.05) is 24.3 Å². The molecule has 114 valence electrons. The number of rotatable bonds is 2. The first-order valence-electron chi connectivity index (χ1n) is 7.56. The number of hydrogen-bond acceptors (Lipinski definition) is 4. The summed E-state index contributed by atoms with van der Waals surface area (Å²) in [6.45, 7) is 5.75. The molecule has 2 N–H and O–H groups in total. The SMILES string of the molecule is CC1CN(C)C(C)CC1Nc1ccc2c(c1)NC(=O)CO2. The Morgan fingerprint density at radius 2 is 2.19 bits per heavy atom. The smallest absolute Gasteiger partial charge is 0.262 e. The van der Waals surface area contributed by atoms with Gasteiger partial charge < -0.3 is 20.3 Å². The zero-order valence-corrected chi connectivity index (χ0v) is 12.8. The van der Waals surface area contributed by atoms with E-state index in [2.05, 4.69) is 36.4 Å². The predicted octanol–water partition coefficient (Wildman–Crippen LogP) is 2.16. The largest absolute Gasteiger partial charge is 0.482 e. The highest BCUT2D eigenvalue weighted by Gasteiger charge is 2.29. The molecule has 0 saturated carbocycles. The van der Waals surface area contributed by atoms with E-state index in [1.165, 1.54) is 0 Å². The van der Waals surface area contributed by atoms with Crippen molar-refractivity contribution in [3.05, 3.63) is 18.2 Å². The van der Waals surface area contributed by atoms with E-state index in [0.29, 0.717) is 18.0 Å². The van der Waals surface area contributed by atoms with E-state index < -0.39 is 0 Å². The van der Waals surface area contributed by atoms with Crippen molar-refractivity contribution in [2.75, 3.05) is 30.8 Å². The van der Waals surface area contributed by atoms with Crippen LogP contribution in [0.25, 0.3) is 0 Å². The van der Waals surface area contributed by atoms with Crippen molar-refractivity contribution in [3.63, 3.8) is 0 Å². The Bertz CT molecular complexity index is 546. The van der Waals surface area contributed by atoms with Crippen LogP contribution in [0.4, 0.5) is 11.4 Å². The summed E-state index contributed by atoms with van der Waals surface area (Å²) in [5.74, 6) is 1.24. The normalized spacial score (nSPS) is 29.3. The molecule has 1 fully saturated rings. The van der Waals surface area contributed by atoms with Crippen LogP contribution in [0.15, 0.2) is 18.2 Å². The molecule has 0 aliphatic carbocycles. The van der Waals surface area contributed by atoms with Gasteiger partial charge in [-0.3, -0.25) is 4.79 Å². The standard InChI is InChI=1S/C16H23N3O2/c1-10-8-19(3)11(2)6-13(10)17-12-4-5-15-14(7-12)18-16(20)9-21-15/h4-5,7,10-11,13,17H,6,8-9H2,1-3H3,(H,18,20). The average molecular weight is 289 g/mol. The molecule has 2 heterocycles. The molecule has 1 amide bonds. The molecule has 5 heteroatoms. The molecule has 1 aromatic rings. The second kappa shape index (κ2) is 5.56. The van der Waals surface area contributed by atoms with Gasteiger partial charge in [-0.05, 0) is 44.5 Å². The zero-order valence-electron chi connectivity index (χ0n) is 12.8. The molecule has 0 radical (unpaired) electrons. The second-order valence-corrected chi connectivity index (χ2v) is 6.30. The first kappa shape index (κ1) is 14.2. The Kier molecular flexibility index (Phi) is 3.76. The van der Waals surface area contributed by atoms with Crippen molar-refractivity contribution in [1.29, 1.82) is 0 Å². The highest BCUT2D eigenvalue weighted by atomic mass is 16.5. The van der Waals surface area contributed by atoms with Crippen molar-refractivity contribution in [2.45, 2.75) is 32.4 Å². The summed E-state index contributed by atoms with van der Waals surface area (Å²) in [5.41, 5.74) is 1.79.